The number of hydrogen-bond donors (Lipinski definition) is 0. The molecule has 6 nitrogen and oxygen atoms in total. The SMILES string of the molecule is CCCOc1nn(C(C)=O)c(=O)n1C. The average molecular weight is 199 g/mol. The molecule has 0 aliphatic rings. The van der Waals surface area contributed by atoms with Crippen molar-refractivity contribution in [1.82, 2.24) is 14.3 Å². The third-order valence-corrected chi connectivity index (χ3v) is 1.67. The first-order chi connectivity index (χ1) is 6.57. The molecule has 0 saturated carbocycles. The van der Waals surface area contributed by atoms with E-state index in [9.17, 15) is 9.59 Å². The first kappa shape index (κ1) is 10.5. The standard InChI is InChI=1S/C8H13N3O3/c1-4-5-14-7-9-11(6(2)12)8(13)10(7)3/h4-5H2,1-3H3. The van der Waals surface area contributed by atoms with Crippen molar-refractivity contribution >= 4 is 5.91 Å². The highest BCUT2D eigenvalue weighted by molar-refractivity contribution is 5.74. The summed E-state index contributed by atoms with van der Waals surface area (Å²) < 4.78 is 7.16. The van der Waals surface area contributed by atoms with Gasteiger partial charge in [-0.25, -0.2) is 9.36 Å². The van der Waals surface area contributed by atoms with Crippen LogP contribution in [0.3, 0.4) is 0 Å². The highest BCUT2D eigenvalue weighted by Crippen LogP contribution is 2.01. The second kappa shape index (κ2) is 4.08. The summed E-state index contributed by atoms with van der Waals surface area (Å²) in [4.78, 5) is 22.3. The van der Waals surface area contributed by atoms with Gasteiger partial charge in [-0.15, -0.1) is 9.78 Å². The van der Waals surface area contributed by atoms with E-state index in [2.05, 4.69) is 5.10 Å². The minimum Gasteiger partial charge on any atom is -0.464 e. The Balaban J connectivity index is 3.03. The van der Waals surface area contributed by atoms with Crippen molar-refractivity contribution in [2.45, 2.75) is 20.3 Å². The highest BCUT2D eigenvalue weighted by atomic mass is 16.5. The average Bonchev–Trinajstić information content (AvgIpc) is 2.42. The van der Waals surface area contributed by atoms with E-state index in [0.717, 1.165) is 11.1 Å². The van der Waals surface area contributed by atoms with Gasteiger partial charge in [-0.05, 0) is 6.42 Å². The Labute approximate surface area is 81.1 Å². The van der Waals surface area contributed by atoms with E-state index >= 15 is 0 Å². The quantitative estimate of drug-likeness (QED) is 0.688. The zero-order valence-electron chi connectivity index (χ0n) is 8.48. The van der Waals surface area contributed by atoms with Crippen LogP contribution in [0.2, 0.25) is 0 Å². The Hall–Kier alpha value is -1.59. The van der Waals surface area contributed by atoms with Gasteiger partial charge in [0.1, 0.15) is 0 Å². The van der Waals surface area contributed by atoms with Gasteiger partial charge in [-0.1, -0.05) is 6.92 Å². The summed E-state index contributed by atoms with van der Waals surface area (Å²) in [5, 5.41) is 3.74. The van der Waals surface area contributed by atoms with Crippen LogP contribution < -0.4 is 10.4 Å². The fourth-order valence-corrected chi connectivity index (χ4v) is 0.943. The molecule has 0 radical (unpaired) electrons. The van der Waals surface area contributed by atoms with E-state index in [1.807, 2.05) is 6.92 Å². The molecule has 0 saturated heterocycles. The summed E-state index contributed by atoms with van der Waals surface area (Å²) >= 11 is 0. The van der Waals surface area contributed by atoms with Gasteiger partial charge in [0.25, 0.3) is 0 Å². The van der Waals surface area contributed by atoms with Crippen LogP contribution in [0.15, 0.2) is 4.79 Å². The molecule has 0 aromatic carbocycles. The molecular weight excluding hydrogens is 186 g/mol. The first-order valence-corrected chi connectivity index (χ1v) is 4.37. The van der Waals surface area contributed by atoms with Crippen LogP contribution in [0, 0.1) is 0 Å². The molecule has 0 aliphatic carbocycles. The molecule has 1 aromatic rings. The summed E-state index contributed by atoms with van der Waals surface area (Å²) in [5.41, 5.74) is -0.483. The normalized spacial score (nSPS) is 10.2. The van der Waals surface area contributed by atoms with Crippen molar-refractivity contribution < 1.29 is 9.53 Å². The Morgan fingerprint density at radius 2 is 2.21 bits per heavy atom. The fraction of sp³-hybridized carbons (Fsp3) is 0.625. The van der Waals surface area contributed by atoms with Crippen molar-refractivity contribution in [2.24, 2.45) is 7.05 Å². The van der Waals surface area contributed by atoms with Crippen LogP contribution in [-0.2, 0) is 7.05 Å². The molecule has 0 fully saturated rings. The predicted octanol–water partition coefficient (Wildman–Crippen LogP) is 0.0307. The monoisotopic (exact) mass is 199 g/mol. The number of carbonyl (C=O) groups is 1. The van der Waals surface area contributed by atoms with E-state index in [0.29, 0.717) is 6.61 Å². The summed E-state index contributed by atoms with van der Waals surface area (Å²) in [7, 11) is 1.51. The third-order valence-electron chi connectivity index (χ3n) is 1.67. The zero-order valence-corrected chi connectivity index (χ0v) is 8.48. The van der Waals surface area contributed by atoms with E-state index in [4.69, 9.17) is 4.74 Å². The summed E-state index contributed by atoms with van der Waals surface area (Å²) in [6.45, 7) is 3.69. The highest BCUT2D eigenvalue weighted by Gasteiger charge is 2.13. The Kier molecular flexibility index (Phi) is 3.06. The molecule has 1 heterocycles. The smallest absolute Gasteiger partial charge is 0.355 e. The topological polar surface area (TPSA) is 66.1 Å². The minimum absolute atomic E-state index is 0.173. The van der Waals surface area contributed by atoms with E-state index < -0.39 is 11.6 Å². The lowest BCUT2D eigenvalue weighted by Gasteiger charge is -1.99. The molecule has 78 valence electrons. The third kappa shape index (κ3) is 1.84. The first-order valence-electron chi connectivity index (χ1n) is 4.37. The van der Waals surface area contributed by atoms with Gasteiger partial charge in [0.05, 0.1) is 6.61 Å². The molecule has 14 heavy (non-hydrogen) atoms. The van der Waals surface area contributed by atoms with Crippen molar-refractivity contribution in [3.05, 3.63) is 10.5 Å². The molecule has 0 spiro atoms. The number of ether oxygens (including phenoxy) is 1. The molecule has 0 atom stereocenters. The van der Waals surface area contributed by atoms with Gasteiger partial charge in [0, 0.05) is 14.0 Å². The lowest BCUT2D eigenvalue weighted by atomic mass is 10.5. The maximum Gasteiger partial charge on any atom is 0.355 e. The van der Waals surface area contributed by atoms with Gasteiger partial charge < -0.3 is 4.74 Å². The number of carbonyl (C=O) groups excluding carboxylic acids is 1. The van der Waals surface area contributed by atoms with E-state index in [1.165, 1.54) is 18.5 Å². The number of hydrogen-bond acceptors (Lipinski definition) is 4. The number of aromatic nitrogens is 3. The van der Waals surface area contributed by atoms with Crippen LogP contribution in [-0.4, -0.2) is 26.9 Å². The predicted molar refractivity (Wildman–Crippen MR) is 49.6 cm³/mol. The molecule has 1 aromatic heterocycles. The maximum absolute atomic E-state index is 11.4. The molecule has 0 unspecified atom stereocenters. The largest absolute Gasteiger partial charge is 0.464 e. The summed E-state index contributed by atoms with van der Waals surface area (Å²) in [6.07, 6.45) is 0.821. The van der Waals surface area contributed by atoms with Gasteiger partial charge >= 0.3 is 11.7 Å². The summed E-state index contributed by atoms with van der Waals surface area (Å²) in [6, 6.07) is 0.173. The molecule has 6 heteroatoms. The van der Waals surface area contributed by atoms with Crippen LogP contribution in [0.1, 0.15) is 25.1 Å². The van der Waals surface area contributed by atoms with Crippen molar-refractivity contribution in [3.63, 3.8) is 0 Å². The second-order valence-corrected chi connectivity index (χ2v) is 2.90. The van der Waals surface area contributed by atoms with Crippen LogP contribution >= 0.6 is 0 Å². The second-order valence-electron chi connectivity index (χ2n) is 2.90. The Bertz CT molecular complexity index is 391. The van der Waals surface area contributed by atoms with Crippen molar-refractivity contribution in [1.29, 1.82) is 0 Å². The van der Waals surface area contributed by atoms with Crippen molar-refractivity contribution in [3.8, 4) is 6.01 Å². The van der Waals surface area contributed by atoms with E-state index in [-0.39, 0.29) is 6.01 Å². The fourth-order valence-electron chi connectivity index (χ4n) is 0.943. The van der Waals surface area contributed by atoms with Crippen LogP contribution in [0.5, 0.6) is 6.01 Å². The lowest BCUT2D eigenvalue weighted by molar-refractivity contribution is 0.0914. The molecule has 1 rings (SSSR count). The summed E-state index contributed by atoms with van der Waals surface area (Å²) in [5.74, 6) is -0.419. The van der Waals surface area contributed by atoms with Gasteiger partial charge in [0.2, 0.25) is 5.91 Å². The molecular formula is C8H13N3O3. The number of rotatable bonds is 3. The van der Waals surface area contributed by atoms with Crippen LogP contribution in [0.4, 0.5) is 0 Å². The molecule has 0 bridgehead atoms. The van der Waals surface area contributed by atoms with E-state index in [1.54, 1.807) is 0 Å². The van der Waals surface area contributed by atoms with Gasteiger partial charge in [-0.3, -0.25) is 4.79 Å². The maximum atomic E-state index is 11.4. The molecule has 0 amide bonds. The molecule has 0 N–H and O–H groups in total. The minimum atomic E-state index is -0.483. The van der Waals surface area contributed by atoms with Crippen molar-refractivity contribution in [2.75, 3.05) is 6.61 Å². The number of nitrogens with zero attached hydrogens (tertiary/aromatic N) is 3. The van der Waals surface area contributed by atoms with Gasteiger partial charge in [0.15, 0.2) is 0 Å². The Morgan fingerprint density at radius 1 is 1.57 bits per heavy atom. The zero-order chi connectivity index (χ0) is 10.7. The lowest BCUT2D eigenvalue weighted by Crippen LogP contribution is -2.26. The van der Waals surface area contributed by atoms with Crippen LogP contribution in [0.25, 0.3) is 0 Å². The van der Waals surface area contributed by atoms with Gasteiger partial charge in [-0.2, -0.15) is 0 Å². The molecule has 0 aliphatic heterocycles. The Morgan fingerprint density at radius 3 is 2.64 bits per heavy atom.